The highest BCUT2D eigenvalue weighted by molar-refractivity contribution is 5.76. The molecule has 3 rings (SSSR count). The first-order valence-electron chi connectivity index (χ1n) is 17.1. The number of methoxy groups -OCH3 is 2. The van der Waals surface area contributed by atoms with Gasteiger partial charge < -0.3 is 19.9 Å². The quantitative estimate of drug-likeness (QED) is 0.663. The molecule has 0 saturated carbocycles. The summed E-state index contributed by atoms with van der Waals surface area (Å²) in [7, 11) is 2.35. The molecule has 1 aromatic carbocycles. The summed E-state index contributed by atoms with van der Waals surface area (Å²) in [5.74, 6) is -7.82. The van der Waals surface area contributed by atoms with Crippen LogP contribution < -0.4 is 15.2 Å². The van der Waals surface area contributed by atoms with Gasteiger partial charge in [0, 0.05) is 46.5 Å². The van der Waals surface area contributed by atoms with Gasteiger partial charge in [-0.3, -0.25) is 9.69 Å². The number of piperidine rings is 1. The largest absolute Gasteiger partial charge is 0.493 e. The zero-order valence-electron chi connectivity index (χ0n) is 32.5. The molecule has 1 fully saturated rings. The van der Waals surface area contributed by atoms with Crippen molar-refractivity contribution in [1.82, 2.24) is 4.90 Å². The van der Waals surface area contributed by atoms with Gasteiger partial charge in [-0.05, 0) is 47.8 Å². The Morgan fingerprint density at radius 1 is 1.40 bits per heavy atom. The predicted molar refractivity (Wildman–Crippen MR) is 118 cm³/mol. The maximum absolute atomic E-state index is 13.5. The minimum absolute atomic E-state index is 0.0649. The van der Waals surface area contributed by atoms with Crippen LogP contribution in [0.4, 0.5) is 0 Å². The van der Waals surface area contributed by atoms with Crippen LogP contribution in [0.25, 0.3) is 0 Å². The van der Waals surface area contributed by atoms with E-state index in [0.29, 0.717) is 0 Å². The lowest BCUT2D eigenvalue weighted by Gasteiger charge is -2.47. The Balaban J connectivity index is 2.28. The Kier molecular flexibility index (Phi) is 3.26. The van der Waals surface area contributed by atoms with Crippen LogP contribution >= 0.6 is 0 Å². The fourth-order valence-corrected chi connectivity index (χ4v) is 3.73. The Bertz CT molecular complexity index is 1320. The van der Waals surface area contributed by atoms with E-state index in [-0.39, 0.29) is 29.4 Å². The Hall–Kier alpha value is -1.79. The molecule has 2 N–H and O–H groups in total. The summed E-state index contributed by atoms with van der Waals surface area (Å²) >= 11 is 0. The van der Waals surface area contributed by atoms with Crippen molar-refractivity contribution < 1.29 is 39.6 Å². The van der Waals surface area contributed by atoms with E-state index in [2.05, 4.69) is 0 Å². The van der Waals surface area contributed by atoms with Crippen molar-refractivity contribution in [2.45, 2.75) is 64.9 Å². The molecule has 6 nitrogen and oxygen atoms in total. The Labute approximate surface area is 202 Å². The van der Waals surface area contributed by atoms with Crippen molar-refractivity contribution in [2.24, 2.45) is 23.5 Å². The minimum Gasteiger partial charge on any atom is -0.493 e. The van der Waals surface area contributed by atoms with Gasteiger partial charge in [-0.25, -0.2) is 0 Å². The number of benzene rings is 1. The molecule has 2 heterocycles. The van der Waals surface area contributed by atoms with Crippen LogP contribution in [-0.4, -0.2) is 50.2 Å². The normalized spacial score (nSPS) is 40.3. The van der Waals surface area contributed by atoms with Crippen molar-refractivity contribution in [1.29, 1.82) is 0 Å². The standard InChI is InChI=1S/C24H38N2O4/c1-14(2)9-17-13-26-8-7-16-10-21(28-5)22(29-6)11-18(16)19(26)12-20(17)30-24(27)23(25)15(3)4/h10-11,14-15,17,19-20,23H,7-9,12-13,25H2,1-6H3/t17?,19?,20?,23-/m0/s1/i3D3,4D3,7D2,8D2,10D,11D,15D,20D,23D. The number of esters is 1. The summed E-state index contributed by atoms with van der Waals surface area (Å²) < 4.78 is 141. The van der Waals surface area contributed by atoms with E-state index < -0.39 is 93.1 Å². The molecule has 6 heteroatoms. The molecule has 0 bridgehead atoms. The van der Waals surface area contributed by atoms with Gasteiger partial charge >= 0.3 is 5.97 Å². The monoisotopic (exact) mass is 433 g/mol. The van der Waals surface area contributed by atoms with E-state index in [9.17, 15) is 6.17 Å². The first kappa shape index (κ1) is 10.2. The number of rotatable bonds is 7. The van der Waals surface area contributed by atoms with Crippen molar-refractivity contribution >= 4 is 5.97 Å². The molecule has 168 valence electrons. The molecular formula is C24H38N2O4. The van der Waals surface area contributed by atoms with Crippen LogP contribution in [-0.2, 0) is 15.9 Å². The second-order valence-electron chi connectivity index (χ2n) is 7.69. The Morgan fingerprint density at radius 2 is 2.10 bits per heavy atom. The van der Waals surface area contributed by atoms with Gasteiger partial charge in [-0.15, -0.1) is 0 Å². The molecule has 1 saturated heterocycles. The average molecular weight is 434 g/mol. The highest BCUT2D eigenvalue weighted by Crippen LogP contribution is 2.44. The van der Waals surface area contributed by atoms with Gasteiger partial charge in [0.05, 0.1) is 19.7 Å². The van der Waals surface area contributed by atoms with Crippen LogP contribution in [0.5, 0.6) is 11.5 Å². The van der Waals surface area contributed by atoms with Gasteiger partial charge in [-0.1, -0.05) is 27.6 Å². The van der Waals surface area contributed by atoms with Crippen molar-refractivity contribution in [3.05, 3.63) is 23.2 Å². The topological polar surface area (TPSA) is 74.0 Å². The first-order valence-corrected chi connectivity index (χ1v) is 9.64. The number of carbonyl (C=O) groups excluding carboxylic acids is 1. The molecule has 0 spiro atoms. The van der Waals surface area contributed by atoms with E-state index in [1.165, 1.54) is 7.11 Å². The summed E-state index contributed by atoms with van der Waals surface area (Å²) in [4.78, 5) is 14.6. The van der Waals surface area contributed by atoms with Gasteiger partial charge in [0.2, 0.25) is 0 Å². The third kappa shape index (κ3) is 4.75. The fourth-order valence-electron chi connectivity index (χ4n) is 3.73. The molecule has 0 amide bonds. The predicted octanol–water partition coefficient (Wildman–Crippen LogP) is 3.56. The van der Waals surface area contributed by atoms with Crippen LogP contribution in [0.3, 0.4) is 0 Å². The molecule has 2 aliphatic rings. The molecule has 0 radical (unpaired) electrons. The maximum Gasteiger partial charge on any atom is 0.323 e. The van der Waals surface area contributed by atoms with E-state index in [1.807, 2.05) is 0 Å². The highest BCUT2D eigenvalue weighted by Gasteiger charge is 2.41. The molecule has 30 heavy (non-hydrogen) atoms. The fraction of sp³-hybridized carbons (Fsp3) is 0.708. The number of nitrogens with zero attached hydrogens (tertiary/aromatic N) is 1. The van der Waals surface area contributed by atoms with Gasteiger partial charge in [0.1, 0.15) is 12.1 Å². The summed E-state index contributed by atoms with van der Waals surface area (Å²) in [6.45, 7) is -7.38. The maximum atomic E-state index is 13.5. The van der Waals surface area contributed by atoms with Gasteiger partial charge in [0.15, 0.2) is 11.5 Å². The summed E-state index contributed by atoms with van der Waals surface area (Å²) in [5.41, 5.74) is 4.95. The lowest BCUT2D eigenvalue weighted by atomic mass is 9.79. The van der Waals surface area contributed by atoms with Crippen molar-refractivity contribution in [3.63, 3.8) is 0 Å². The third-order valence-corrected chi connectivity index (χ3v) is 5.14. The van der Waals surface area contributed by atoms with E-state index in [1.54, 1.807) is 13.8 Å². The molecule has 1 aromatic rings. The van der Waals surface area contributed by atoms with Crippen LogP contribution in [0, 0.1) is 17.7 Å². The lowest BCUT2D eigenvalue weighted by Crippen LogP contribution is -2.51. The third-order valence-electron chi connectivity index (χ3n) is 5.14. The molecule has 0 aliphatic carbocycles. The number of hydrogen-bond donors (Lipinski definition) is 1. The molecule has 2 aliphatic heterocycles. The highest BCUT2D eigenvalue weighted by atomic mass is 16.5. The smallest absolute Gasteiger partial charge is 0.323 e. The number of fused-ring (bicyclic) bond motifs is 3. The number of ether oxygens (including phenoxy) is 3. The van der Waals surface area contributed by atoms with Crippen molar-refractivity contribution in [2.75, 3.05) is 27.3 Å². The second-order valence-corrected chi connectivity index (χ2v) is 7.69. The average Bonchev–Trinajstić information content (AvgIpc) is 2.86. The summed E-state index contributed by atoms with van der Waals surface area (Å²) in [6, 6.07) is -6.24. The molecule has 0 aromatic heterocycles. The van der Waals surface area contributed by atoms with Crippen LogP contribution in [0.2, 0.25) is 0 Å². The number of carbonyl (C=O) groups is 1. The zero-order chi connectivity index (χ0) is 35.1. The number of hydrogen-bond acceptors (Lipinski definition) is 6. The van der Waals surface area contributed by atoms with Crippen molar-refractivity contribution in [3.8, 4) is 11.5 Å². The summed E-state index contributed by atoms with van der Waals surface area (Å²) in [6.07, 6.45) is -6.00. The van der Waals surface area contributed by atoms with E-state index in [0.717, 1.165) is 12.0 Å². The molecule has 3 unspecified atom stereocenters. The van der Waals surface area contributed by atoms with Crippen LogP contribution in [0.1, 0.15) is 78.1 Å². The van der Waals surface area contributed by atoms with Crippen LogP contribution in [0.15, 0.2) is 12.1 Å². The van der Waals surface area contributed by atoms with E-state index >= 15 is 0 Å². The first-order chi connectivity index (χ1) is 20.1. The molecule has 4 atom stereocenters. The van der Waals surface area contributed by atoms with Gasteiger partial charge in [0.25, 0.3) is 0 Å². The number of nitrogens with two attached hydrogens (primary N) is 1. The second kappa shape index (κ2) is 9.56. The van der Waals surface area contributed by atoms with Gasteiger partial charge in [-0.2, -0.15) is 0 Å². The summed E-state index contributed by atoms with van der Waals surface area (Å²) in [5, 5.41) is 0. The van der Waals surface area contributed by atoms with E-state index in [4.69, 9.17) is 39.1 Å². The zero-order valence-corrected chi connectivity index (χ0v) is 17.5. The lowest BCUT2D eigenvalue weighted by molar-refractivity contribution is -0.160. The minimum atomic E-state index is -3.89. The SMILES string of the molecule is [2H]c1c(OC)c(OC)c([2H])c2c1C1CC([2H])(OC(=O)[C@@]([2H])(N)C([2H])(C([2H])([2H])[2H])C([2H])([2H])[2H])C(CC(C)C)CN1C([2H])([2H])C2([2H])[2H]. The molecular weight excluding hydrogens is 380 g/mol. The Morgan fingerprint density at radius 3 is 2.73 bits per heavy atom.